The van der Waals surface area contributed by atoms with Gasteiger partial charge in [-0.05, 0) is 67.6 Å². The molecule has 1 amide bonds. The van der Waals surface area contributed by atoms with Gasteiger partial charge in [-0.25, -0.2) is 0 Å². The number of rotatable bonds is 6. The third-order valence-corrected chi connectivity index (χ3v) is 4.71. The zero-order valence-electron chi connectivity index (χ0n) is 11.7. The molecule has 2 rings (SSSR count). The monoisotopic (exact) mass is 280 g/mol. The van der Waals surface area contributed by atoms with Gasteiger partial charge in [-0.3, -0.25) is 4.79 Å². The molecule has 0 aliphatic carbocycles. The van der Waals surface area contributed by atoms with Crippen molar-refractivity contribution in [3.8, 4) is 0 Å². The second kappa shape index (κ2) is 7.65. The van der Waals surface area contributed by atoms with E-state index in [2.05, 4.69) is 27.0 Å². The highest BCUT2D eigenvalue weighted by Gasteiger charge is 2.21. The van der Waals surface area contributed by atoms with Crippen molar-refractivity contribution in [1.82, 2.24) is 10.2 Å². The summed E-state index contributed by atoms with van der Waals surface area (Å²) >= 11 is 1.70. The number of hydrogen-bond acceptors (Lipinski definition) is 3. The van der Waals surface area contributed by atoms with Gasteiger partial charge in [-0.15, -0.1) is 0 Å². The van der Waals surface area contributed by atoms with Gasteiger partial charge in [-0.2, -0.15) is 11.3 Å². The van der Waals surface area contributed by atoms with Crippen LogP contribution in [0.2, 0.25) is 0 Å². The summed E-state index contributed by atoms with van der Waals surface area (Å²) < 4.78 is 0. The molecule has 1 aromatic rings. The van der Waals surface area contributed by atoms with Crippen LogP contribution < -0.4 is 5.32 Å². The standard InChI is InChI=1S/C15H24N2OS/c1-16-8-4-13-5-9-17(10-6-13)15(18)3-2-14-7-11-19-12-14/h7,11-13,16H,2-6,8-10H2,1H3. The van der Waals surface area contributed by atoms with Crippen LogP contribution in [0.1, 0.15) is 31.2 Å². The van der Waals surface area contributed by atoms with Crippen molar-refractivity contribution < 1.29 is 4.79 Å². The third-order valence-electron chi connectivity index (χ3n) is 3.98. The fourth-order valence-electron chi connectivity index (χ4n) is 2.66. The van der Waals surface area contributed by atoms with Gasteiger partial charge in [0.2, 0.25) is 5.91 Å². The fraction of sp³-hybridized carbons (Fsp3) is 0.667. The molecule has 4 heteroatoms. The van der Waals surface area contributed by atoms with E-state index in [1.165, 1.54) is 24.8 Å². The van der Waals surface area contributed by atoms with Gasteiger partial charge in [0.1, 0.15) is 0 Å². The number of nitrogens with zero attached hydrogens (tertiary/aromatic N) is 1. The Morgan fingerprint density at radius 1 is 1.47 bits per heavy atom. The van der Waals surface area contributed by atoms with Crippen molar-refractivity contribution in [3.05, 3.63) is 22.4 Å². The summed E-state index contributed by atoms with van der Waals surface area (Å²) in [5, 5.41) is 7.42. The Hall–Kier alpha value is -0.870. The fourth-order valence-corrected chi connectivity index (χ4v) is 3.37. The lowest BCUT2D eigenvalue weighted by molar-refractivity contribution is -0.132. The summed E-state index contributed by atoms with van der Waals surface area (Å²) in [7, 11) is 2.00. The molecule has 0 unspecified atom stereocenters. The van der Waals surface area contributed by atoms with Crippen LogP contribution in [0.5, 0.6) is 0 Å². The first-order chi connectivity index (χ1) is 9.29. The molecule has 1 saturated heterocycles. The van der Waals surface area contributed by atoms with Crippen LogP contribution in [0.15, 0.2) is 16.8 Å². The van der Waals surface area contributed by atoms with Crippen LogP contribution in [0.4, 0.5) is 0 Å². The number of carbonyl (C=O) groups excluding carboxylic acids is 1. The molecule has 0 aromatic carbocycles. The molecule has 0 spiro atoms. The van der Waals surface area contributed by atoms with Crippen LogP contribution >= 0.6 is 11.3 Å². The maximum atomic E-state index is 12.1. The molecule has 1 aromatic heterocycles. The lowest BCUT2D eigenvalue weighted by Crippen LogP contribution is -2.39. The molecule has 0 saturated carbocycles. The predicted molar refractivity (Wildman–Crippen MR) is 80.5 cm³/mol. The van der Waals surface area contributed by atoms with Gasteiger partial charge < -0.3 is 10.2 Å². The SMILES string of the molecule is CNCCC1CCN(C(=O)CCc2ccsc2)CC1. The Labute approximate surface area is 120 Å². The number of thiophene rings is 1. The van der Waals surface area contributed by atoms with E-state index in [0.717, 1.165) is 32.0 Å². The van der Waals surface area contributed by atoms with Gasteiger partial charge >= 0.3 is 0 Å². The molecule has 1 aliphatic rings. The smallest absolute Gasteiger partial charge is 0.222 e. The van der Waals surface area contributed by atoms with E-state index in [0.29, 0.717) is 12.3 Å². The number of aryl methyl sites for hydroxylation is 1. The predicted octanol–water partition coefficient (Wildman–Crippen LogP) is 2.53. The summed E-state index contributed by atoms with van der Waals surface area (Å²) in [6, 6.07) is 2.11. The largest absolute Gasteiger partial charge is 0.343 e. The molecule has 1 aliphatic heterocycles. The minimum Gasteiger partial charge on any atom is -0.343 e. The number of nitrogens with one attached hydrogen (secondary N) is 1. The van der Waals surface area contributed by atoms with E-state index in [1.807, 2.05) is 7.05 Å². The average molecular weight is 280 g/mol. The number of piperidine rings is 1. The minimum atomic E-state index is 0.332. The van der Waals surface area contributed by atoms with E-state index in [1.54, 1.807) is 11.3 Å². The normalized spacial score (nSPS) is 16.8. The Kier molecular flexibility index (Phi) is 5.86. The summed E-state index contributed by atoms with van der Waals surface area (Å²) in [4.78, 5) is 14.2. The van der Waals surface area contributed by atoms with Crippen molar-refractivity contribution >= 4 is 17.2 Å². The summed E-state index contributed by atoms with van der Waals surface area (Å²) in [6.07, 6.45) is 5.14. The van der Waals surface area contributed by atoms with Crippen LogP contribution in [0.25, 0.3) is 0 Å². The van der Waals surface area contributed by atoms with Gasteiger partial charge in [0.25, 0.3) is 0 Å². The lowest BCUT2D eigenvalue weighted by atomic mass is 9.93. The quantitative estimate of drug-likeness (QED) is 0.868. The second-order valence-corrected chi connectivity index (χ2v) is 6.13. The van der Waals surface area contributed by atoms with E-state index in [9.17, 15) is 4.79 Å². The van der Waals surface area contributed by atoms with Gasteiger partial charge in [0, 0.05) is 19.5 Å². The summed E-state index contributed by atoms with van der Waals surface area (Å²) in [5.74, 6) is 1.13. The molecule has 3 nitrogen and oxygen atoms in total. The minimum absolute atomic E-state index is 0.332. The summed E-state index contributed by atoms with van der Waals surface area (Å²) in [5.41, 5.74) is 1.29. The second-order valence-electron chi connectivity index (χ2n) is 5.35. The first-order valence-corrected chi connectivity index (χ1v) is 8.17. The lowest BCUT2D eigenvalue weighted by Gasteiger charge is -2.32. The van der Waals surface area contributed by atoms with Gasteiger partial charge in [-0.1, -0.05) is 0 Å². The summed E-state index contributed by atoms with van der Waals surface area (Å²) in [6.45, 7) is 3.00. The highest BCUT2D eigenvalue weighted by Crippen LogP contribution is 2.21. The molecule has 106 valence electrons. The van der Waals surface area contributed by atoms with E-state index >= 15 is 0 Å². The van der Waals surface area contributed by atoms with Gasteiger partial charge in [0.15, 0.2) is 0 Å². The van der Waals surface area contributed by atoms with E-state index < -0.39 is 0 Å². The molecule has 0 radical (unpaired) electrons. The number of likely N-dealkylation sites (tertiary alicyclic amines) is 1. The molecular formula is C15H24N2OS. The first-order valence-electron chi connectivity index (χ1n) is 7.23. The Morgan fingerprint density at radius 2 is 2.26 bits per heavy atom. The zero-order valence-corrected chi connectivity index (χ0v) is 12.5. The van der Waals surface area contributed by atoms with E-state index in [4.69, 9.17) is 0 Å². The molecule has 1 fully saturated rings. The van der Waals surface area contributed by atoms with Crippen molar-refractivity contribution in [2.45, 2.75) is 32.1 Å². The average Bonchev–Trinajstić information content (AvgIpc) is 2.96. The van der Waals surface area contributed by atoms with E-state index in [-0.39, 0.29) is 0 Å². The number of hydrogen-bond donors (Lipinski definition) is 1. The van der Waals surface area contributed by atoms with Crippen LogP contribution in [0, 0.1) is 5.92 Å². The highest BCUT2D eigenvalue weighted by atomic mass is 32.1. The topological polar surface area (TPSA) is 32.3 Å². The molecule has 0 atom stereocenters. The Morgan fingerprint density at radius 3 is 2.89 bits per heavy atom. The van der Waals surface area contributed by atoms with Crippen molar-refractivity contribution in [2.24, 2.45) is 5.92 Å². The first kappa shape index (κ1) is 14.5. The van der Waals surface area contributed by atoms with Crippen LogP contribution in [0.3, 0.4) is 0 Å². The maximum Gasteiger partial charge on any atom is 0.222 e. The zero-order chi connectivity index (χ0) is 13.5. The molecular weight excluding hydrogens is 256 g/mol. The van der Waals surface area contributed by atoms with Crippen molar-refractivity contribution in [1.29, 1.82) is 0 Å². The van der Waals surface area contributed by atoms with Crippen LogP contribution in [-0.4, -0.2) is 37.5 Å². The maximum absolute atomic E-state index is 12.1. The van der Waals surface area contributed by atoms with Crippen molar-refractivity contribution in [3.63, 3.8) is 0 Å². The molecule has 19 heavy (non-hydrogen) atoms. The Balaban J connectivity index is 1.67. The van der Waals surface area contributed by atoms with Crippen LogP contribution in [-0.2, 0) is 11.2 Å². The van der Waals surface area contributed by atoms with Crippen molar-refractivity contribution in [2.75, 3.05) is 26.7 Å². The molecule has 1 N–H and O–H groups in total. The number of carbonyl (C=O) groups is 1. The third kappa shape index (κ3) is 4.62. The highest BCUT2D eigenvalue weighted by molar-refractivity contribution is 7.07. The number of amides is 1. The van der Waals surface area contributed by atoms with Gasteiger partial charge in [0.05, 0.1) is 0 Å². The Bertz CT molecular complexity index is 370. The molecule has 2 heterocycles. The molecule has 0 bridgehead atoms.